The highest BCUT2D eigenvalue weighted by Crippen LogP contribution is 2.36. The Morgan fingerprint density at radius 2 is 1.74 bits per heavy atom. The lowest BCUT2D eigenvalue weighted by Gasteiger charge is -2.34. The fourth-order valence-corrected chi connectivity index (χ4v) is 7.03. The molecular formula is C29H33F4N5O7S. The maximum absolute atomic E-state index is 13.9. The first-order valence-corrected chi connectivity index (χ1v) is 15.6. The SMILES string of the molecule is COc1cc(C)c(S(=O)(=O)N(Cc2nc(C(=O)N3CCN(Cc4ccncc4F)CC3)co2)C2CC2)c(C)c1.O=C(O)C(F)(F)F. The first-order valence-electron chi connectivity index (χ1n) is 14.1. The maximum atomic E-state index is 13.9. The Hall–Kier alpha value is -4.09. The van der Waals surface area contributed by atoms with Gasteiger partial charge in [0.15, 0.2) is 5.69 Å². The number of carbonyl (C=O) groups is 2. The fourth-order valence-electron chi connectivity index (χ4n) is 4.98. The second-order valence-corrected chi connectivity index (χ2v) is 12.7. The number of piperazine rings is 1. The smallest absolute Gasteiger partial charge is 0.490 e. The van der Waals surface area contributed by atoms with Gasteiger partial charge in [0.1, 0.15) is 17.8 Å². The Bertz CT molecular complexity index is 1650. The van der Waals surface area contributed by atoms with Crippen LogP contribution in [0.2, 0.25) is 0 Å². The van der Waals surface area contributed by atoms with Gasteiger partial charge in [0.25, 0.3) is 5.91 Å². The summed E-state index contributed by atoms with van der Waals surface area (Å²) >= 11 is 0. The van der Waals surface area contributed by atoms with Crippen molar-refractivity contribution in [2.24, 2.45) is 0 Å². The highest BCUT2D eigenvalue weighted by atomic mass is 32.2. The van der Waals surface area contributed by atoms with Crippen LogP contribution in [0.1, 0.15) is 45.9 Å². The molecule has 250 valence electrons. The van der Waals surface area contributed by atoms with E-state index in [9.17, 15) is 30.8 Å². The molecule has 0 spiro atoms. The summed E-state index contributed by atoms with van der Waals surface area (Å²) in [6, 6.07) is 4.94. The number of hydrogen-bond acceptors (Lipinski definition) is 9. The van der Waals surface area contributed by atoms with E-state index in [1.165, 1.54) is 16.8 Å². The summed E-state index contributed by atoms with van der Waals surface area (Å²) in [7, 11) is -2.30. The normalized spacial score (nSPS) is 15.8. The van der Waals surface area contributed by atoms with Gasteiger partial charge in [-0.1, -0.05) is 0 Å². The summed E-state index contributed by atoms with van der Waals surface area (Å²) in [5.74, 6) is -2.60. The summed E-state index contributed by atoms with van der Waals surface area (Å²) in [6.45, 7) is 6.00. The molecule has 46 heavy (non-hydrogen) atoms. The molecular weight excluding hydrogens is 638 g/mol. The molecule has 12 nitrogen and oxygen atoms in total. The molecule has 0 bridgehead atoms. The van der Waals surface area contributed by atoms with Crippen LogP contribution in [0.25, 0.3) is 0 Å². The number of pyridine rings is 1. The first-order chi connectivity index (χ1) is 21.6. The summed E-state index contributed by atoms with van der Waals surface area (Å²) < 4.78 is 85.4. The Kier molecular flexibility index (Phi) is 10.7. The Labute approximate surface area is 262 Å². The molecule has 1 N–H and O–H groups in total. The number of halogens is 4. The lowest BCUT2D eigenvalue weighted by Crippen LogP contribution is -2.48. The number of hydrogen-bond donors (Lipinski definition) is 1. The third kappa shape index (κ3) is 8.38. The topological polar surface area (TPSA) is 146 Å². The summed E-state index contributed by atoms with van der Waals surface area (Å²) in [6.07, 6.45) is 0.487. The predicted molar refractivity (Wildman–Crippen MR) is 154 cm³/mol. The first kappa shape index (κ1) is 34.8. The molecule has 0 unspecified atom stereocenters. The molecule has 1 aliphatic heterocycles. The molecule has 5 rings (SSSR count). The quantitative estimate of drug-likeness (QED) is 0.334. The van der Waals surface area contributed by atoms with Gasteiger partial charge < -0.3 is 19.2 Å². The van der Waals surface area contributed by atoms with Crippen LogP contribution < -0.4 is 4.74 Å². The minimum Gasteiger partial charge on any atom is -0.497 e. The van der Waals surface area contributed by atoms with Crippen LogP contribution in [-0.4, -0.2) is 95.0 Å². The van der Waals surface area contributed by atoms with Crippen LogP contribution in [0.3, 0.4) is 0 Å². The van der Waals surface area contributed by atoms with Crippen molar-refractivity contribution >= 4 is 21.9 Å². The van der Waals surface area contributed by atoms with Gasteiger partial charge in [0.05, 0.1) is 24.7 Å². The van der Waals surface area contributed by atoms with Crippen LogP contribution in [0.5, 0.6) is 5.75 Å². The van der Waals surface area contributed by atoms with Crippen LogP contribution in [0, 0.1) is 19.7 Å². The number of aryl methyl sites for hydroxylation is 2. The van der Waals surface area contributed by atoms with Crippen molar-refractivity contribution in [1.82, 2.24) is 24.1 Å². The second-order valence-electron chi connectivity index (χ2n) is 10.8. The number of carboxylic acid groups (broad SMARTS) is 1. The standard InChI is InChI=1S/C27H32FN5O5S.C2HF3O2/c1-18-12-22(37-3)13-19(2)26(18)39(35,36)33(21-4-5-21)16-25-30-24(17-38-25)27(34)32-10-8-31(9-11-32)15-20-6-7-29-14-23(20)28;3-2(4,5)1(6)7/h6-7,12-14,17,21H,4-5,8-11,15-16H2,1-3H3;(H,6,7). The van der Waals surface area contributed by atoms with E-state index in [-0.39, 0.29) is 40.8 Å². The minimum absolute atomic E-state index is 0.0591. The number of oxazole rings is 1. The zero-order valence-electron chi connectivity index (χ0n) is 25.3. The second kappa shape index (κ2) is 14.1. The van der Waals surface area contributed by atoms with E-state index in [2.05, 4.69) is 14.9 Å². The molecule has 0 radical (unpaired) electrons. The molecule has 3 aromatic rings. The van der Waals surface area contributed by atoms with Gasteiger partial charge in [-0.2, -0.15) is 17.5 Å². The minimum atomic E-state index is -5.08. The van der Waals surface area contributed by atoms with E-state index in [0.717, 1.165) is 12.8 Å². The molecule has 1 aromatic carbocycles. The number of nitrogens with zero attached hydrogens (tertiary/aromatic N) is 5. The van der Waals surface area contributed by atoms with Crippen molar-refractivity contribution < 1.29 is 49.8 Å². The van der Waals surface area contributed by atoms with Gasteiger partial charge in [-0.05, 0) is 56.0 Å². The van der Waals surface area contributed by atoms with Gasteiger partial charge in [0, 0.05) is 50.5 Å². The Balaban J connectivity index is 0.000000617. The zero-order valence-corrected chi connectivity index (χ0v) is 26.1. The van der Waals surface area contributed by atoms with Gasteiger partial charge in [-0.15, -0.1) is 0 Å². The third-order valence-corrected chi connectivity index (χ3v) is 9.61. The Morgan fingerprint density at radius 3 is 2.26 bits per heavy atom. The largest absolute Gasteiger partial charge is 0.497 e. The molecule has 17 heteroatoms. The predicted octanol–water partition coefficient (Wildman–Crippen LogP) is 3.78. The number of ether oxygens (including phenoxy) is 1. The Morgan fingerprint density at radius 1 is 1.13 bits per heavy atom. The molecule has 2 fully saturated rings. The third-order valence-electron chi connectivity index (χ3n) is 7.40. The highest BCUT2D eigenvalue weighted by Gasteiger charge is 2.41. The van der Waals surface area contributed by atoms with Crippen molar-refractivity contribution in [3.05, 3.63) is 70.9 Å². The monoisotopic (exact) mass is 671 g/mol. The number of methoxy groups -OCH3 is 1. The number of alkyl halides is 3. The number of carboxylic acids is 1. The molecule has 1 saturated carbocycles. The number of aliphatic carboxylic acids is 1. The molecule has 2 aliphatic rings. The van der Waals surface area contributed by atoms with Crippen LogP contribution in [0.15, 0.2) is 46.2 Å². The number of rotatable bonds is 9. The number of aromatic nitrogens is 2. The van der Waals surface area contributed by atoms with Gasteiger partial charge >= 0.3 is 12.1 Å². The van der Waals surface area contributed by atoms with Crippen molar-refractivity contribution in [1.29, 1.82) is 0 Å². The van der Waals surface area contributed by atoms with Crippen molar-refractivity contribution in [2.45, 2.75) is 56.9 Å². The van der Waals surface area contributed by atoms with Gasteiger partial charge in [0.2, 0.25) is 15.9 Å². The fraction of sp³-hybridized carbons (Fsp3) is 0.448. The van der Waals surface area contributed by atoms with E-state index in [4.69, 9.17) is 19.1 Å². The van der Waals surface area contributed by atoms with E-state index < -0.39 is 22.2 Å². The van der Waals surface area contributed by atoms with Gasteiger partial charge in [-0.3, -0.25) is 14.7 Å². The van der Waals surface area contributed by atoms with E-state index >= 15 is 0 Å². The van der Waals surface area contributed by atoms with Crippen LogP contribution in [0.4, 0.5) is 17.6 Å². The molecule has 2 aromatic heterocycles. The molecule has 1 amide bonds. The van der Waals surface area contributed by atoms with Crippen LogP contribution in [-0.2, 0) is 27.9 Å². The van der Waals surface area contributed by atoms with Crippen molar-refractivity contribution in [3.63, 3.8) is 0 Å². The summed E-state index contributed by atoms with van der Waals surface area (Å²) in [4.78, 5) is 34.2. The van der Waals surface area contributed by atoms with E-state index in [0.29, 0.717) is 55.2 Å². The average molecular weight is 672 g/mol. The number of benzene rings is 1. The van der Waals surface area contributed by atoms with E-state index in [1.807, 2.05) is 0 Å². The molecule has 1 aliphatic carbocycles. The number of carbonyl (C=O) groups excluding carboxylic acids is 1. The van der Waals surface area contributed by atoms with Crippen molar-refractivity contribution in [3.8, 4) is 5.75 Å². The molecule has 1 saturated heterocycles. The maximum Gasteiger partial charge on any atom is 0.490 e. The van der Waals surface area contributed by atoms with E-state index in [1.54, 1.807) is 50.3 Å². The highest BCUT2D eigenvalue weighted by molar-refractivity contribution is 7.89. The van der Waals surface area contributed by atoms with Gasteiger partial charge in [-0.25, -0.2) is 22.6 Å². The number of sulfonamides is 1. The summed E-state index contributed by atoms with van der Waals surface area (Å²) in [5, 5.41) is 7.12. The van der Waals surface area contributed by atoms with Crippen LogP contribution >= 0.6 is 0 Å². The zero-order chi connectivity index (χ0) is 33.8. The van der Waals surface area contributed by atoms with Crippen molar-refractivity contribution in [2.75, 3.05) is 33.3 Å². The number of amides is 1. The average Bonchev–Trinajstić information content (AvgIpc) is 3.72. The molecule has 3 heterocycles. The lowest BCUT2D eigenvalue weighted by molar-refractivity contribution is -0.192. The molecule has 0 atom stereocenters. The summed E-state index contributed by atoms with van der Waals surface area (Å²) in [5.41, 5.74) is 1.92. The lowest BCUT2D eigenvalue weighted by atomic mass is 10.1.